The van der Waals surface area contributed by atoms with Gasteiger partial charge < -0.3 is 5.11 Å². The van der Waals surface area contributed by atoms with E-state index >= 15 is 0 Å². The van der Waals surface area contributed by atoms with E-state index in [0.717, 1.165) is 11.1 Å². The molecule has 0 fully saturated rings. The van der Waals surface area contributed by atoms with Gasteiger partial charge in [0.2, 0.25) is 0 Å². The molecule has 0 aliphatic heterocycles. The minimum Gasteiger partial charge on any atom is -0.384 e. The van der Waals surface area contributed by atoms with E-state index in [2.05, 4.69) is 72.8 Å². The average Bonchev–Trinajstić information content (AvgIpc) is 2.76. The second-order valence-electron chi connectivity index (χ2n) is 6.41. The van der Waals surface area contributed by atoms with Crippen LogP contribution in [0.25, 0.3) is 0 Å². The van der Waals surface area contributed by atoms with E-state index in [4.69, 9.17) is 0 Å². The standard InChI is InChI=1S/C25H21OP.BrH/c26-25(20-10-4-1-5-11-20)21-16-18-24(19-17-21)27(22-12-6-2-7-13-22)23-14-8-3-9-15-23;/h1-19,25-26H;1H. The van der Waals surface area contributed by atoms with E-state index in [9.17, 15) is 5.11 Å². The summed E-state index contributed by atoms with van der Waals surface area (Å²) in [5, 5.41) is 14.6. The van der Waals surface area contributed by atoms with E-state index in [-0.39, 0.29) is 17.0 Å². The van der Waals surface area contributed by atoms with Gasteiger partial charge in [0.05, 0.1) is 0 Å². The van der Waals surface area contributed by atoms with Crippen molar-refractivity contribution in [1.82, 2.24) is 0 Å². The Morgan fingerprint density at radius 3 is 1.29 bits per heavy atom. The minimum atomic E-state index is -0.614. The zero-order valence-electron chi connectivity index (χ0n) is 15.3. The molecule has 1 nitrogen and oxygen atoms in total. The third-order valence-corrected chi connectivity index (χ3v) is 7.05. The number of rotatable bonds is 5. The van der Waals surface area contributed by atoms with Crippen LogP contribution in [-0.2, 0) is 0 Å². The lowest BCUT2D eigenvalue weighted by Crippen LogP contribution is -2.20. The number of halogens is 1. The van der Waals surface area contributed by atoms with Crippen molar-refractivity contribution in [2.45, 2.75) is 6.10 Å². The van der Waals surface area contributed by atoms with Crippen LogP contribution in [0.1, 0.15) is 17.2 Å². The van der Waals surface area contributed by atoms with Gasteiger partial charge in [-0.2, -0.15) is 0 Å². The van der Waals surface area contributed by atoms with Gasteiger partial charge in [0.15, 0.2) is 0 Å². The molecule has 0 spiro atoms. The van der Waals surface area contributed by atoms with Crippen molar-refractivity contribution < 1.29 is 5.11 Å². The molecule has 3 heteroatoms. The lowest BCUT2D eigenvalue weighted by molar-refractivity contribution is 0.220. The summed E-state index contributed by atoms with van der Waals surface area (Å²) in [5.74, 6) is 0. The van der Waals surface area contributed by atoms with Crippen LogP contribution in [0.4, 0.5) is 0 Å². The molecule has 4 aromatic carbocycles. The molecule has 1 N–H and O–H groups in total. The summed E-state index contributed by atoms with van der Waals surface area (Å²) in [6, 6.07) is 39.5. The van der Waals surface area contributed by atoms with Gasteiger partial charge >= 0.3 is 0 Å². The first kappa shape index (κ1) is 20.5. The smallest absolute Gasteiger partial charge is 0.104 e. The molecule has 0 radical (unpaired) electrons. The lowest BCUT2D eigenvalue weighted by atomic mass is 10.0. The molecule has 28 heavy (non-hydrogen) atoms. The molecule has 1 unspecified atom stereocenters. The maximum absolute atomic E-state index is 10.7. The van der Waals surface area contributed by atoms with Crippen molar-refractivity contribution in [3.63, 3.8) is 0 Å². The van der Waals surface area contributed by atoms with Crippen LogP contribution in [-0.4, -0.2) is 5.11 Å². The van der Waals surface area contributed by atoms with Gasteiger partial charge in [-0.05, 0) is 35.0 Å². The highest BCUT2D eigenvalue weighted by molar-refractivity contribution is 8.93. The van der Waals surface area contributed by atoms with E-state index in [1.54, 1.807) is 0 Å². The summed E-state index contributed by atoms with van der Waals surface area (Å²) < 4.78 is 0. The highest BCUT2D eigenvalue weighted by Crippen LogP contribution is 2.33. The summed E-state index contributed by atoms with van der Waals surface area (Å²) in [5.41, 5.74) is 1.83. The molecule has 140 valence electrons. The van der Waals surface area contributed by atoms with Crippen molar-refractivity contribution in [2.24, 2.45) is 0 Å². The monoisotopic (exact) mass is 448 g/mol. The van der Waals surface area contributed by atoms with Crippen molar-refractivity contribution in [3.05, 3.63) is 126 Å². The summed E-state index contributed by atoms with van der Waals surface area (Å²) in [7, 11) is -0.614. The summed E-state index contributed by atoms with van der Waals surface area (Å²) >= 11 is 0. The highest BCUT2D eigenvalue weighted by atomic mass is 79.9. The first-order valence-electron chi connectivity index (χ1n) is 9.06. The molecule has 1 atom stereocenters. The third-order valence-electron chi connectivity index (χ3n) is 4.61. The maximum Gasteiger partial charge on any atom is 0.104 e. The summed E-state index contributed by atoms with van der Waals surface area (Å²) in [6.07, 6.45) is -0.597. The minimum absolute atomic E-state index is 0. The van der Waals surface area contributed by atoms with Crippen molar-refractivity contribution >= 4 is 40.8 Å². The average molecular weight is 449 g/mol. The number of hydrogen-bond acceptors (Lipinski definition) is 1. The Bertz CT molecular complexity index is 934. The zero-order valence-corrected chi connectivity index (χ0v) is 18.0. The van der Waals surface area contributed by atoms with Crippen molar-refractivity contribution in [3.8, 4) is 0 Å². The number of benzene rings is 4. The van der Waals surface area contributed by atoms with Crippen LogP contribution in [0.15, 0.2) is 115 Å². The molecule has 4 aromatic rings. The molecule has 0 saturated heterocycles. The fraction of sp³-hybridized carbons (Fsp3) is 0.0400. The van der Waals surface area contributed by atoms with Gasteiger partial charge in [-0.15, -0.1) is 17.0 Å². The molecular formula is C25H22BrOP. The topological polar surface area (TPSA) is 20.2 Å². The zero-order chi connectivity index (χ0) is 18.5. The molecule has 0 bridgehead atoms. The van der Waals surface area contributed by atoms with E-state index < -0.39 is 14.0 Å². The molecule has 4 rings (SSSR count). The summed E-state index contributed by atoms with van der Waals surface area (Å²) in [6.45, 7) is 0. The Labute approximate surface area is 178 Å². The second-order valence-corrected chi connectivity index (χ2v) is 8.63. The van der Waals surface area contributed by atoms with Gasteiger partial charge in [-0.1, -0.05) is 115 Å². The molecule has 0 amide bonds. The van der Waals surface area contributed by atoms with E-state index in [0.29, 0.717) is 0 Å². The predicted octanol–water partition coefficient (Wildman–Crippen LogP) is 5.10. The van der Waals surface area contributed by atoms with Gasteiger partial charge in [0.25, 0.3) is 0 Å². The number of hydrogen-bond donors (Lipinski definition) is 1. The Morgan fingerprint density at radius 1 is 0.464 bits per heavy atom. The van der Waals surface area contributed by atoms with Crippen LogP contribution >= 0.6 is 24.9 Å². The fourth-order valence-electron chi connectivity index (χ4n) is 3.23. The van der Waals surface area contributed by atoms with E-state index in [1.807, 2.05) is 42.5 Å². The predicted molar refractivity (Wildman–Crippen MR) is 126 cm³/mol. The fourth-order valence-corrected chi connectivity index (χ4v) is 5.52. The number of aliphatic hydroxyl groups is 1. The van der Waals surface area contributed by atoms with Crippen LogP contribution in [0.3, 0.4) is 0 Å². The van der Waals surface area contributed by atoms with Crippen LogP contribution in [0.5, 0.6) is 0 Å². The summed E-state index contributed by atoms with van der Waals surface area (Å²) in [4.78, 5) is 0. The van der Waals surface area contributed by atoms with Crippen LogP contribution in [0.2, 0.25) is 0 Å². The Hall–Kier alpha value is -2.25. The molecule has 0 aliphatic rings. The van der Waals surface area contributed by atoms with E-state index in [1.165, 1.54) is 15.9 Å². The molecule has 0 saturated carbocycles. The Balaban J connectivity index is 0.00000225. The van der Waals surface area contributed by atoms with Crippen LogP contribution < -0.4 is 15.9 Å². The quantitative estimate of drug-likeness (QED) is 0.420. The van der Waals surface area contributed by atoms with Crippen LogP contribution in [0, 0.1) is 0 Å². The second kappa shape index (κ2) is 9.80. The van der Waals surface area contributed by atoms with Crippen molar-refractivity contribution in [2.75, 3.05) is 0 Å². The SMILES string of the molecule is Br.OC(c1ccccc1)c1ccc(P(c2ccccc2)c2ccccc2)cc1. The van der Waals surface area contributed by atoms with Gasteiger partial charge in [-0.25, -0.2) is 0 Å². The van der Waals surface area contributed by atoms with Gasteiger partial charge in [-0.3, -0.25) is 0 Å². The van der Waals surface area contributed by atoms with Crippen molar-refractivity contribution in [1.29, 1.82) is 0 Å². The largest absolute Gasteiger partial charge is 0.384 e. The van der Waals surface area contributed by atoms with Gasteiger partial charge in [0.1, 0.15) is 6.10 Å². The first-order chi connectivity index (χ1) is 13.3. The molecule has 0 heterocycles. The Morgan fingerprint density at radius 2 is 0.821 bits per heavy atom. The molecular weight excluding hydrogens is 427 g/mol. The highest BCUT2D eigenvalue weighted by Gasteiger charge is 2.17. The lowest BCUT2D eigenvalue weighted by Gasteiger charge is -2.20. The normalized spacial score (nSPS) is 11.6. The number of aliphatic hydroxyl groups excluding tert-OH is 1. The molecule has 0 aliphatic carbocycles. The third kappa shape index (κ3) is 4.59. The Kier molecular flexibility index (Phi) is 7.17. The maximum atomic E-state index is 10.7. The molecule has 0 aromatic heterocycles. The first-order valence-corrected chi connectivity index (χ1v) is 10.4. The van der Waals surface area contributed by atoms with Gasteiger partial charge in [0, 0.05) is 0 Å².